The third kappa shape index (κ3) is 3.71. The van der Waals surface area contributed by atoms with Crippen LogP contribution in [0.1, 0.15) is 0 Å². The number of halogens is 2. The van der Waals surface area contributed by atoms with Crippen molar-refractivity contribution in [3.63, 3.8) is 0 Å². The van der Waals surface area contributed by atoms with Crippen molar-refractivity contribution in [1.29, 1.82) is 0 Å². The fraction of sp³-hybridized carbons (Fsp3) is 0.111. The highest BCUT2D eigenvalue weighted by molar-refractivity contribution is 9.10. The fourth-order valence-electron chi connectivity index (χ4n) is 2.32. The van der Waals surface area contributed by atoms with Gasteiger partial charge in [-0.15, -0.1) is 0 Å². The van der Waals surface area contributed by atoms with E-state index in [0.29, 0.717) is 27.3 Å². The van der Waals surface area contributed by atoms with Gasteiger partial charge in [0.2, 0.25) is 0 Å². The molecular weight excluding hydrogens is 389 g/mol. The van der Waals surface area contributed by atoms with E-state index in [1.165, 1.54) is 12.4 Å². The minimum atomic E-state index is -0.464. The highest BCUT2D eigenvalue weighted by atomic mass is 79.9. The molecule has 1 aromatic heterocycles. The zero-order valence-corrected chi connectivity index (χ0v) is 15.0. The number of aromatic nitrogens is 2. The van der Waals surface area contributed by atoms with E-state index in [1.807, 2.05) is 6.07 Å². The van der Waals surface area contributed by atoms with Gasteiger partial charge in [-0.1, -0.05) is 28.6 Å². The molecule has 0 saturated heterocycles. The Bertz CT molecular complexity index is 934. The predicted molar refractivity (Wildman–Crippen MR) is 99.2 cm³/mol. The quantitative estimate of drug-likeness (QED) is 0.596. The Labute approximate surface area is 152 Å². The summed E-state index contributed by atoms with van der Waals surface area (Å²) >= 11 is 3.27. The van der Waals surface area contributed by atoms with Crippen LogP contribution in [0.5, 0.6) is 11.5 Å². The highest BCUT2D eigenvalue weighted by Crippen LogP contribution is 2.35. The molecule has 0 bridgehead atoms. The third-order valence-electron chi connectivity index (χ3n) is 3.46. The van der Waals surface area contributed by atoms with Gasteiger partial charge in [-0.3, -0.25) is 0 Å². The number of hydrogen-bond donors (Lipinski definition) is 1. The van der Waals surface area contributed by atoms with Crippen LogP contribution in [0.3, 0.4) is 0 Å². The molecule has 0 unspecified atom stereocenters. The van der Waals surface area contributed by atoms with Crippen molar-refractivity contribution in [2.45, 2.75) is 0 Å². The SMILES string of the molecule is C=CCOc1cc(Br)cc(F)c1Nc1ncnc2cc(OC)ccc12. The molecule has 3 rings (SSSR count). The number of anilines is 2. The molecule has 0 atom stereocenters. The zero-order chi connectivity index (χ0) is 17.8. The normalized spacial score (nSPS) is 10.5. The van der Waals surface area contributed by atoms with E-state index >= 15 is 0 Å². The Hall–Kier alpha value is -2.67. The van der Waals surface area contributed by atoms with Gasteiger partial charge in [0.25, 0.3) is 0 Å². The second-order valence-corrected chi connectivity index (χ2v) is 6.01. The van der Waals surface area contributed by atoms with Gasteiger partial charge in [-0.05, 0) is 24.3 Å². The van der Waals surface area contributed by atoms with Crippen molar-refractivity contribution >= 4 is 38.3 Å². The summed E-state index contributed by atoms with van der Waals surface area (Å²) in [6.45, 7) is 3.86. The molecule has 128 valence electrons. The lowest BCUT2D eigenvalue weighted by molar-refractivity contribution is 0.363. The average molecular weight is 404 g/mol. The van der Waals surface area contributed by atoms with Gasteiger partial charge < -0.3 is 14.8 Å². The molecule has 3 aromatic rings. The second-order valence-electron chi connectivity index (χ2n) is 5.09. The molecule has 0 aliphatic carbocycles. The van der Waals surface area contributed by atoms with Crippen LogP contribution < -0.4 is 14.8 Å². The van der Waals surface area contributed by atoms with Crippen LogP contribution in [-0.2, 0) is 0 Å². The van der Waals surface area contributed by atoms with E-state index in [2.05, 4.69) is 37.8 Å². The van der Waals surface area contributed by atoms with E-state index in [-0.39, 0.29) is 12.3 Å². The van der Waals surface area contributed by atoms with Gasteiger partial charge in [-0.2, -0.15) is 0 Å². The van der Waals surface area contributed by atoms with Crippen LogP contribution in [0.2, 0.25) is 0 Å². The van der Waals surface area contributed by atoms with E-state index in [4.69, 9.17) is 9.47 Å². The first kappa shape index (κ1) is 17.2. The van der Waals surface area contributed by atoms with Crippen molar-refractivity contribution in [3.05, 3.63) is 59.6 Å². The summed E-state index contributed by atoms with van der Waals surface area (Å²) in [5, 5.41) is 3.75. The number of benzene rings is 2. The number of nitrogens with one attached hydrogen (secondary N) is 1. The molecule has 0 aliphatic rings. The monoisotopic (exact) mass is 403 g/mol. The molecule has 1 N–H and O–H groups in total. The maximum Gasteiger partial charge on any atom is 0.151 e. The molecule has 7 heteroatoms. The molecule has 2 aromatic carbocycles. The molecule has 0 aliphatic heterocycles. The lowest BCUT2D eigenvalue weighted by Crippen LogP contribution is -2.03. The summed E-state index contributed by atoms with van der Waals surface area (Å²) in [5.41, 5.74) is 0.879. The van der Waals surface area contributed by atoms with Crippen LogP contribution in [0.25, 0.3) is 10.9 Å². The van der Waals surface area contributed by atoms with Crippen molar-refractivity contribution in [2.24, 2.45) is 0 Å². The largest absolute Gasteiger partial charge is 0.497 e. The second kappa shape index (κ2) is 7.48. The van der Waals surface area contributed by atoms with Crippen LogP contribution >= 0.6 is 15.9 Å². The molecular formula is C18H15BrFN3O2. The van der Waals surface area contributed by atoms with Crippen molar-refractivity contribution in [2.75, 3.05) is 19.0 Å². The number of ether oxygens (including phenoxy) is 2. The summed E-state index contributed by atoms with van der Waals surface area (Å²) in [6.07, 6.45) is 3.00. The van der Waals surface area contributed by atoms with Crippen LogP contribution in [0.4, 0.5) is 15.9 Å². The Kier molecular flexibility index (Phi) is 5.14. The predicted octanol–water partition coefficient (Wildman–Crippen LogP) is 4.85. The van der Waals surface area contributed by atoms with Gasteiger partial charge in [-0.25, -0.2) is 14.4 Å². The van der Waals surface area contributed by atoms with E-state index < -0.39 is 5.82 Å². The number of fused-ring (bicyclic) bond motifs is 1. The summed E-state index contributed by atoms with van der Waals surface area (Å²) in [6, 6.07) is 8.44. The van der Waals surface area contributed by atoms with Crippen molar-refractivity contribution < 1.29 is 13.9 Å². The first-order chi connectivity index (χ1) is 12.1. The molecule has 0 amide bonds. The van der Waals surface area contributed by atoms with E-state index in [9.17, 15) is 4.39 Å². The van der Waals surface area contributed by atoms with Crippen LogP contribution in [0, 0.1) is 5.82 Å². The summed E-state index contributed by atoms with van der Waals surface area (Å²) in [5.74, 6) is 1.04. The maximum atomic E-state index is 14.5. The van der Waals surface area contributed by atoms with Crippen molar-refractivity contribution in [3.8, 4) is 11.5 Å². The number of hydrogen-bond acceptors (Lipinski definition) is 5. The molecule has 0 fully saturated rings. The summed E-state index contributed by atoms with van der Waals surface area (Å²) in [7, 11) is 1.59. The van der Waals surface area contributed by atoms with Crippen LogP contribution in [-0.4, -0.2) is 23.7 Å². The van der Waals surface area contributed by atoms with Gasteiger partial charge >= 0.3 is 0 Å². The Morgan fingerprint density at radius 1 is 1.28 bits per heavy atom. The third-order valence-corrected chi connectivity index (χ3v) is 3.92. The standard InChI is InChI=1S/C18H15BrFN3O2/c1-3-6-25-16-8-11(19)7-14(20)17(16)23-18-13-5-4-12(24-2)9-15(13)21-10-22-18/h3-5,7-10H,1,6H2,2H3,(H,21,22,23). The lowest BCUT2D eigenvalue weighted by atomic mass is 10.2. The summed E-state index contributed by atoms with van der Waals surface area (Å²) < 4.78 is 25.8. The molecule has 5 nitrogen and oxygen atoms in total. The van der Waals surface area contributed by atoms with Crippen molar-refractivity contribution in [1.82, 2.24) is 9.97 Å². The first-order valence-electron chi connectivity index (χ1n) is 7.41. The Balaban J connectivity index is 2.05. The van der Waals surface area contributed by atoms with Gasteiger partial charge in [0.05, 0.1) is 12.6 Å². The smallest absolute Gasteiger partial charge is 0.151 e. The molecule has 0 radical (unpaired) electrons. The fourth-order valence-corrected chi connectivity index (χ4v) is 2.72. The topological polar surface area (TPSA) is 56.3 Å². The zero-order valence-electron chi connectivity index (χ0n) is 13.4. The van der Waals surface area contributed by atoms with Crippen LogP contribution in [0.15, 0.2) is 53.8 Å². The van der Waals surface area contributed by atoms with Gasteiger partial charge in [0.15, 0.2) is 5.82 Å². The Morgan fingerprint density at radius 2 is 2.12 bits per heavy atom. The molecule has 0 spiro atoms. The average Bonchev–Trinajstić information content (AvgIpc) is 2.62. The van der Waals surface area contributed by atoms with Gasteiger partial charge in [0.1, 0.15) is 35.9 Å². The molecule has 0 saturated carbocycles. The van der Waals surface area contributed by atoms with Gasteiger partial charge in [0, 0.05) is 15.9 Å². The molecule has 1 heterocycles. The van der Waals surface area contributed by atoms with E-state index in [1.54, 1.807) is 31.4 Å². The van der Waals surface area contributed by atoms with E-state index in [0.717, 1.165) is 5.39 Å². The maximum absolute atomic E-state index is 14.5. The minimum absolute atomic E-state index is 0.195. The minimum Gasteiger partial charge on any atom is -0.497 e. The number of nitrogens with zero attached hydrogens (tertiary/aromatic N) is 2. The molecule has 25 heavy (non-hydrogen) atoms. The number of methoxy groups -OCH3 is 1. The first-order valence-corrected chi connectivity index (χ1v) is 8.20. The Morgan fingerprint density at radius 3 is 2.88 bits per heavy atom. The summed E-state index contributed by atoms with van der Waals surface area (Å²) in [4.78, 5) is 8.45. The lowest BCUT2D eigenvalue weighted by Gasteiger charge is -2.14. The number of rotatable bonds is 6. The highest BCUT2D eigenvalue weighted by Gasteiger charge is 2.14.